The Bertz CT molecular complexity index is 824. The number of hydrogen-bond acceptors (Lipinski definition) is 6. The number of aryl methyl sites for hydroxylation is 1. The standard InChI is InChI=1S/C15H12ClFN6/c1-9-8-12(6-7-18-9)20-15-22-13(16)21-14(23-15)19-11-4-2-10(17)3-5-11/h2-8H,1H3,(H2,18,19,20,21,22,23). The van der Waals surface area contributed by atoms with Crippen molar-refractivity contribution in [1.82, 2.24) is 19.9 Å². The third kappa shape index (κ3) is 4.10. The maximum atomic E-state index is 12.9. The second-order valence-corrected chi connectivity index (χ2v) is 5.03. The summed E-state index contributed by atoms with van der Waals surface area (Å²) in [4.78, 5) is 16.4. The molecule has 1 aromatic carbocycles. The second-order valence-electron chi connectivity index (χ2n) is 4.69. The Labute approximate surface area is 136 Å². The van der Waals surface area contributed by atoms with Crippen LogP contribution in [0.15, 0.2) is 42.6 Å². The van der Waals surface area contributed by atoms with Gasteiger partial charge in [0, 0.05) is 23.3 Å². The minimum absolute atomic E-state index is 0.0397. The zero-order valence-corrected chi connectivity index (χ0v) is 12.8. The van der Waals surface area contributed by atoms with Gasteiger partial charge in [0.15, 0.2) is 0 Å². The van der Waals surface area contributed by atoms with E-state index in [1.807, 2.05) is 13.0 Å². The molecule has 2 N–H and O–H groups in total. The number of pyridine rings is 1. The average Bonchev–Trinajstić information content (AvgIpc) is 2.49. The van der Waals surface area contributed by atoms with E-state index in [9.17, 15) is 4.39 Å². The van der Waals surface area contributed by atoms with Gasteiger partial charge in [0.1, 0.15) is 5.82 Å². The van der Waals surface area contributed by atoms with Crippen LogP contribution in [-0.2, 0) is 0 Å². The highest BCUT2D eigenvalue weighted by atomic mass is 35.5. The summed E-state index contributed by atoms with van der Waals surface area (Å²) in [6.45, 7) is 1.88. The van der Waals surface area contributed by atoms with Crippen molar-refractivity contribution >= 4 is 34.9 Å². The lowest BCUT2D eigenvalue weighted by Crippen LogP contribution is -2.04. The van der Waals surface area contributed by atoms with Gasteiger partial charge in [-0.05, 0) is 54.9 Å². The monoisotopic (exact) mass is 330 g/mol. The lowest BCUT2D eigenvalue weighted by atomic mass is 10.3. The molecule has 23 heavy (non-hydrogen) atoms. The van der Waals surface area contributed by atoms with Crippen LogP contribution in [0, 0.1) is 12.7 Å². The molecule has 116 valence electrons. The Kier molecular flexibility index (Phi) is 4.29. The number of rotatable bonds is 4. The first-order chi connectivity index (χ1) is 11.1. The van der Waals surface area contributed by atoms with Crippen LogP contribution in [0.1, 0.15) is 5.69 Å². The van der Waals surface area contributed by atoms with E-state index in [4.69, 9.17) is 11.6 Å². The van der Waals surface area contributed by atoms with Crippen molar-refractivity contribution in [3.63, 3.8) is 0 Å². The molecule has 0 bridgehead atoms. The molecule has 0 amide bonds. The quantitative estimate of drug-likeness (QED) is 0.756. The van der Waals surface area contributed by atoms with Crippen molar-refractivity contribution in [1.29, 1.82) is 0 Å². The van der Waals surface area contributed by atoms with Gasteiger partial charge in [0.05, 0.1) is 0 Å². The summed E-state index contributed by atoms with van der Waals surface area (Å²) in [5, 5.41) is 6.02. The maximum absolute atomic E-state index is 12.9. The van der Waals surface area contributed by atoms with Crippen LogP contribution < -0.4 is 10.6 Å². The molecule has 0 spiro atoms. The van der Waals surface area contributed by atoms with E-state index in [0.29, 0.717) is 11.6 Å². The van der Waals surface area contributed by atoms with Gasteiger partial charge < -0.3 is 10.6 Å². The van der Waals surface area contributed by atoms with Gasteiger partial charge in [-0.15, -0.1) is 0 Å². The molecule has 2 aromatic heterocycles. The molecule has 2 heterocycles. The van der Waals surface area contributed by atoms with Gasteiger partial charge in [-0.2, -0.15) is 15.0 Å². The summed E-state index contributed by atoms with van der Waals surface area (Å²) in [5.74, 6) is 0.227. The molecular weight excluding hydrogens is 319 g/mol. The minimum atomic E-state index is -0.320. The van der Waals surface area contributed by atoms with Crippen LogP contribution in [0.5, 0.6) is 0 Å². The van der Waals surface area contributed by atoms with Gasteiger partial charge >= 0.3 is 0 Å². The fourth-order valence-corrected chi connectivity index (χ4v) is 2.04. The van der Waals surface area contributed by atoms with Crippen molar-refractivity contribution < 1.29 is 4.39 Å². The molecule has 3 rings (SSSR count). The summed E-state index contributed by atoms with van der Waals surface area (Å²) < 4.78 is 12.9. The highest BCUT2D eigenvalue weighted by Gasteiger charge is 2.06. The SMILES string of the molecule is Cc1cc(Nc2nc(Cl)nc(Nc3ccc(F)cc3)n2)ccn1. The van der Waals surface area contributed by atoms with Crippen molar-refractivity contribution in [3.8, 4) is 0 Å². The summed E-state index contributed by atoms with van der Waals surface area (Å²) in [6, 6.07) is 9.47. The van der Waals surface area contributed by atoms with Crippen molar-refractivity contribution in [3.05, 3.63) is 59.4 Å². The van der Waals surface area contributed by atoms with Crippen LogP contribution in [0.25, 0.3) is 0 Å². The Hall–Kier alpha value is -2.80. The molecule has 0 aliphatic heterocycles. The predicted octanol–water partition coefficient (Wildman–Crippen LogP) is 3.85. The highest BCUT2D eigenvalue weighted by Crippen LogP contribution is 2.19. The van der Waals surface area contributed by atoms with Crippen molar-refractivity contribution in [2.24, 2.45) is 0 Å². The first-order valence-electron chi connectivity index (χ1n) is 6.72. The Morgan fingerprint density at radius 2 is 1.57 bits per heavy atom. The first kappa shape index (κ1) is 15.1. The number of aromatic nitrogens is 4. The molecule has 0 aliphatic carbocycles. The van der Waals surface area contributed by atoms with E-state index in [1.165, 1.54) is 12.1 Å². The number of halogens is 2. The largest absolute Gasteiger partial charge is 0.324 e. The lowest BCUT2D eigenvalue weighted by molar-refractivity contribution is 0.628. The molecule has 0 unspecified atom stereocenters. The van der Waals surface area contributed by atoms with Gasteiger partial charge in [-0.3, -0.25) is 4.98 Å². The van der Waals surface area contributed by atoms with E-state index in [0.717, 1.165) is 11.4 Å². The molecule has 8 heteroatoms. The van der Waals surface area contributed by atoms with Crippen LogP contribution in [-0.4, -0.2) is 19.9 Å². The highest BCUT2D eigenvalue weighted by molar-refractivity contribution is 6.28. The molecule has 0 fully saturated rings. The topological polar surface area (TPSA) is 75.6 Å². The molecule has 0 saturated carbocycles. The predicted molar refractivity (Wildman–Crippen MR) is 86.8 cm³/mol. The van der Waals surface area contributed by atoms with Crippen molar-refractivity contribution in [2.75, 3.05) is 10.6 Å². The molecular formula is C15H12ClFN6. The lowest BCUT2D eigenvalue weighted by Gasteiger charge is -2.08. The normalized spacial score (nSPS) is 10.4. The number of nitrogens with zero attached hydrogens (tertiary/aromatic N) is 4. The summed E-state index contributed by atoms with van der Waals surface area (Å²) >= 11 is 5.92. The Morgan fingerprint density at radius 1 is 0.913 bits per heavy atom. The zero-order valence-electron chi connectivity index (χ0n) is 12.1. The first-order valence-corrected chi connectivity index (χ1v) is 7.10. The van der Waals surface area contributed by atoms with Crippen LogP contribution >= 0.6 is 11.6 Å². The summed E-state index contributed by atoms with van der Waals surface area (Å²) in [5.41, 5.74) is 2.28. The van der Waals surface area contributed by atoms with Crippen LogP contribution in [0.2, 0.25) is 5.28 Å². The Balaban J connectivity index is 1.82. The molecule has 0 saturated heterocycles. The van der Waals surface area contributed by atoms with E-state index in [1.54, 1.807) is 24.4 Å². The zero-order chi connectivity index (χ0) is 16.2. The molecule has 3 aromatic rings. The van der Waals surface area contributed by atoms with E-state index in [-0.39, 0.29) is 17.0 Å². The fraction of sp³-hybridized carbons (Fsp3) is 0.0667. The second kappa shape index (κ2) is 6.53. The third-order valence-electron chi connectivity index (χ3n) is 2.86. The molecule has 6 nitrogen and oxygen atoms in total. The third-order valence-corrected chi connectivity index (χ3v) is 3.03. The smallest absolute Gasteiger partial charge is 0.233 e. The van der Waals surface area contributed by atoms with Crippen LogP contribution in [0.3, 0.4) is 0 Å². The fourth-order valence-electron chi connectivity index (χ4n) is 1.88. The molecule has 0 radical (unpaired) electrons. The Morgan fingerprint density at radius 3 is 2.22 bits per heavy atom. The van der Waals surface area contributed by atoms with Gasteiger partial charge in [-0.1, -0.05) is 0 Å². The maximum Gasteiger partial charge on any atom is 0.233 e. The van der Waals surface area contributed by atoms with E-state index < -0.39 is 0 Å². The molecule has 0 atom stereocenters. The number of hydrogen-bond donors (Lipinski definition) is 2. The summed E-state index contributed by atoms with van der Waals surface area (Å²) in [6.07, 6.45) is 1.68. The van der Waals surface area contributed by atoms with Crippen LogP contribution in [0.4, 0.5) is 27.7 Å². The minimum Gasteiger partial charge on any atom is -0.324 e. The number of benzene rings is 1. The van der Waals surface area contributed by atoms with Gasteiger partial charge in [0.25, 0.3) is 0 Å². The van der Waals surface area contributed by atoms with Gasteiger partial charge in [0.2, 0.25) is 17.2 Å². The summed E-state index contributed by atoms with van der Waals surface area (Å²) in [7, 11) is 0. The number of anilines is 4. The van der Waals surface area contributed by atoms with E-state index in [2.05, 4.69) is 30.6 Å². The van der Waals surface area contributed by atoms with Gasteiger partial charge in [-0.25, -0.2) is 4.39 Å². The average molecular weight is 331 g/mol. The number of nitrogens with one attached hydrogen (secondary N) is 2. The molecule has 0 aliphatic rings. The van der Waals surface area contributed by atoms with Crippen molar-refractivity contribution in [2.45, 2.75) is 6.92 Å². The van der Waals surface area contributed by atoms with E-state index >= 15 is 0 Å².